The molecule has 2 rings (SSSR count). The zero-order chi connectivity index (χ0) is 12.4. The average molecular weight is 271 g/mol. The first kappa shape index (κ1) is 12.6. The molecule has 17 heavy (non-hydrogen) atoms. The Labute approximate surface area is 110 Å². The highest BCUT2D eigenvalue weighted by Gasteiger charge is 2.11. The van der Waals surface area contributed by atoms with Crippen molar-refractivity contribution < 1.29 is 4.74 Å². The molecule has 0 fully saturated rings. The third-order valence-electron chi connectivity index (χ3n) is 2.68. The Morgan fingerprint density at radius 3 is 3.00 bits per heavy atom. The smallest absolute Gasteiger partial charge is 0.178 e. The predicted octanol–water partition coefficient (Wildman–Crippen LogP) is 3.95. The molecule has 0 aliphatic carbocycles. The topological polar surface area (TPSA) is 29.9 Å². The normalized spacial score (nSPS) is 13.1. The van der Waals surface area contributed by atoms with E-state index in [-0.39, 0.29) is 6.04 Å². The number of ether oxygens (including phenoxy) is 1. The van der Waals surface area contributed by atoms with E-state index in [9.17, 15) is 0 Å². The van der Waals surface area contributed by atoms with Gasteiger partial charge in [-0.1, -0.05) is 11.6 Å². The Kier molecular flexibility index (Phi) is 3.86. The highest BCUT2D eigenvalue weighted by molar-refractivity contribution is 7.71. The van der Waals surface area contributed by atoms with Crippen LogP contribution in [0.25, 0.3) is 11.0 Å². The van der Waals surface area contributed by atoms with Crippen molar-refractivity contribution >= 4 is 34.9 Å². The van der Waals surface area contributed by atoms with E-state index in [4.69, 9.17) is 28.6 Å². The monoisotopic (exact) mass is 270 g/mol. The first-order chi connectivity index (χ1) is 8.13. The molecule has 0 aliphatic rings. The quantitative estimate of drug-likeness (QED) is 0.853. The fraction of sp³-hybridized carbons (Fsp3) is 0.417. The maximum Gasteiger partial charge on any atom is 0.178 e. The van der Waals surface area contributed by atoms with Crippen molar-refractivity contribution in [1.82, 2.24) is 9.55 Å². The van der Waals surface area contributed by atoms with Gasteiger partial charge >= 0.3 is 0 Å². The lowest BCUT2D eigenvalue weighted by molar-refractivity contribution is 0.119. The molecule has 92 valence electrons. The van der Waals surface area contributed by atoms with Gasteiger partial charge in [0.25, 0.3) is 0 Å². The number of nitrogens with one attached hydrogen (secondary N) is 1. The fourth-order valence-corrected chi connectivity index (χ4v) is 2.46. The van der Waals surface area contributed by atoms with Gasteiger partial charge in [0, 0.05) is 11.6 Å². The number of halogens is 1. The van der Waals surface area contributed by atoms with Crippen LogP contribution < -0.4 is 0 Å². The van der Waals surface area contributed by atoms with Crippen molar-refractivity contribution in [2.75, 3.05) is 13.2 Å². The van der Waals surface area contributed by atoms with Crippen LogP contribution in [0.15, 0.2) is 18.2 Å². The van der Waals surface area contributed by atoms with Crippen molar-refractivity contribution in [2.24, 2.45) is 0 Å². The number of H-pyrrole nitrogens is 1. The molecule has 1 aromatic carbocycles. The zero-order valence-electron chi connectivity index (χ0n) is 9.87. The summed E-state index contributed by atoms with van der Waals surface area (Å²) in [5, 5.41) is 0.707. The van der Waals surface area contributed by atoms with E-state index in [2.05, 4.69) is 16.5 Å². The molecule has 0 saturated heterocycles. The molecule has 1 unspecified atom stereocenters. The molecule has 0 amide bonds. The van der Waals surface area contributed by atoms with Crippen molar-refractivity contribution in [1.29, 1.82) is 0 Å². The molecule has 1 aromatic heterocycles. The number of imidazole rings is 1. The lowest BCUT2D eigenvalue weighted by Crippen LogP contribution is -2.12. The van der Waals surface area contributed by atoms with Gasteiger partial charge in [-0.25, -0.2) is 0 Å². The molecule has 0 bridgehead atoms. The summed E-state index contributed by atoms with van der Waals surface area (Å²) in [7, 11) is 0. The minimum atomic E-state index is 0.206. The van der Waals surface area contributed by atoms with Gasteiger partial charge in [-0.2, -0.15) is 0 Å². The fourth-order valence-electron chi connectivity index (χ4n) is 1.90. The van der Waals surface area contributed by atoms with Crippen LogP contribution in [0.3, 0.4) is 0 Å². The summed E-state index contributed by atoms with van der Waals surface area (Å²) in [5.41, 5.74) is 2.03. The standard InChI is InChI=1S/C12H15ClN2OS/c1-3-16-7-8(2)15-11-5-4-9(13)6-10(11)14-12(15)17/h4-6,8H,3,7H2,1-2H3,(H,14,17). The SMILES string of the molecule is CCOCC(C)n1c(=S)[nH]c2cc(Cl)ccc21. The second-order valence-electron chi connectivity index (χ2n) is 3.97. The van der Waals surface area contributed by atoms with Crippen LogP contribution >= 0.6 is 23.8 Å². The molecule has 1 atom stereocenters. The molecule has 5 heteroatoms. The van der Waals surface area contributed by atoms with E-state index in [1.807, 2.05) is 25.1 Å². The molecular weight excluding hydrogens is 256 g/mol. The first-order valence-corrected chi connectivity index (χ1v) is 6.39. The molecule has 1 N–H and O–H groups in total. The largest absolute Gasteiger partial charge is 0.380 e. The van der Waals surface area contributed by atoms with Gasteiger partial charge in [-0.15, -0.1) is 0 Å². The Balaban J connectivity index is 2.46. The van der Waals surface area contributed by atoms with Gasteiger partial charge in [0.15, 0.2) is 4.77 Å². The molecule has 2 aromatic rings. The van der Waals surface area contributed by atoms with Crippen molar-refractivity contribution in [3.63, 3.8) is 0 Å². The maximum absolute atomic E-state index is 5.96. The Morgan fingerprint density at radius 1 is 1.53 bits per heavy atom. The van der Waals surface area contributed by atoms with Crippen molar-refractivity contribution in [2.45, 2.75) is 19.9 Å². The first-order valence-electron chi connectivity index (χ1n) is 5.61. The van der Waals surface area contributed by atoms with Gasteiger partial charge in [0.1, 0.15) is 0 Å². The number of fused-ring (bicyclic) bond motifs is 1. The number of hydrogen-bond donors (Lipinski definition) is 1. The number of aromatic amines is 1. The molecule has 0 radical (unpaired) electrons. The summed E-state index contributed by atoms with van der Waals surface area (Å²) < 4.78 is 8.21. The molecule has 0 saturated carbocycles. The summed E-state index contributed by atoms with van der Waals surface area (Å²) in [4.78, 5) is 3.16. The summed E-state index contributed by atoms with van der Waals surface area (Å²) in [6.07, 6.45) is 0. The summed E-state index contributed by atoms with van der Waals surface area (Å²) >= 11 is 11.3. The molecule has 1 heterocycles. The van der Waals surface area contributed by atoms with Crippen LogP contribution in [0.2, 0.25) is 5.02 Å². The number of benzene rings is 1. The second kappa shape index (κ2) is 5.21. The van der Waals surface area contributed by atoms with Crippen LogP contribution in [0.5, 0.6) is 0 Å². The third kappa shape index (κ3) is 2.54. The van der Waals surface area contributed by atoms with E-state index >= 15 is 0 Å². The minimum absolute atomic E-state index is 0.206. The number of hydrogen-bond acceptors (Lipinski definition) is 2. The number of rotatable bonds is 4. The van der Waals surface area contributed by atoms with Crippen molar-refractivity contribution in [3.05, 3.63) is 28.0 Å². The van der Waals surface area contributed by atoms with Gasteiger partial charge in [-0.3, -0.25) is 0 Å². The van der Waals surface area contributed by atoms with Crippen LogP contribution in [-0.4, -0.2) is 22.8 Å². The molecule has 0 aliphatic heterocycles. The Bertz CT molecular complexity index is 575. The minimum Gasteiger partial charge on any atom is -0.380 e. The van der Waals surface area contributed by atoms with E-state index < -0.39 is 0 Å². The van der Waals surface area contributed by atoms with Crippen LogP contribution in [0.4, 0.5) is 0 Å². The Hall–Kier alpha value is -0.840. The van der Waals surface area contributed by atoms with Gasteiger partial charge in [0.05, 0.1) is 23.7 Å². The zero-order valence-corrected chi connectivity index (χ0v) is 11.4. The van der Waals surface area contributed by atoms with E-state index in [0.29, 0.717) is 23.0 Å². The Morgan fingerprint density at radius 2 is 2.29 bits per heavy atom. The van der Waals surface area contributed by atoms with Gasteiger partial charge in [-0.05, 0) is 44.3 Å². The van der Waals surface area contributed by atoms with Gasteiger partial charge < -0.3 is 14.3 Å². The summed E-state index contributed by atoms with van der Waals surface area (Å²) in [6, 6.07) is 5.94. The molecule has 0 spiro atoms. The highest BCUT2D eigenvalue weighted by atomic mass is 35.5. The van der Waals surface area contributed by atoms with Crippen LogP contribution in [-0.2, 0) is 4.74 Å². The second-order valence-corrected chi connectivity index (χ2v) is 4.79. The van der Waals surface area contributed by atoms with Crippen LogP contribution in [0.1, 0.15) is 19.9 Å². The summed E-state index contributed by atoms with van der Waals surface area (Å²) in [6.45, 7) is 5.45. The lowest BCUT2D eigenvalue weighted by Gasteiger charge is -2.14. The summed E-state index contributed by atoms with van der Waals surface area (Å²) in [5.74, 6) is 0. The molecular formula is C12H15ClN2OS. The number of aromatic nitrogens is 2. The number of nitrogens with zero attached hydrogens (tertiary/aromatic N) is 1. The van der Waals surface area contributed by atoms with E-state index in [1.165, 1.54) is 0 Å². The predicted molar refractivity (Wildman–Crippen MR) is 73.3 cm³/mol. The highest BCUT2D eigenvalue weighted by Crippen LogP contribution is 2.22. The van der Waals surface area contributed by atoms with Crippen LogP contribution in [0, 0.1) is 4.77 Å². The van der Waals surface area contributed by atoms with Crippen molar-refractivity contribution in [3.8, 4) is 0 Å². The van der Waals surface area contributed by atoms with Gasteiger partial charge in [0.2, 0.25) is 0 Å². The lowest BCUT2D eigenvalue weighted by atomic mass is 10.3. The average Bonchev–Trinajstić information content (AvgIpc) is 2.61. The third-order valence-corrected chi connectivity index (χ3v) is 3.22. The van der Waals surface area contributed by atoms with E-state index in [1.54, 1.807) is 0 Å². The molecule has 3 nitrogen and oxygen atoms in total. The van der Waals surface area contributed by atoms with E-state index in [0.717, 1.165) is 11.0 Å². The maximum atomic E-state index is 5.96.